The minimum Gasteiger partial charge on any atom is -0.494 e. The van der Waals surface area contributed by atoms with Gasteiger partial charge in [0.1, 0.15) is 23.1 Å². The number of hydrogen-bond acceptors (Lipinski definition) is 4. The lowest BCUT2D eigenvalue weighted by atomic mass is 10.1. The van der Waals surface area contributed by atoms with Crippen LogP contribution in [0, 0.1) is 0 Å². The molecule has 0 unspecified atom stereocenters. The van der Waals surface area contributed by atoms with E-state index in [2.05, 4.69) is 22.5 Å². The highest BCUT2D eigenvalue weighted by Gasteiger charge is 2.14. The number of methoxy groups -OCH3 is 1. The quantitative estimate of drug-likeness (QED) is 0.801. The van der Waals surface area contributed by atoms with E-state index < -0.39 is 0 Å². The zero-order valence-electron chi connectivity index (χ0n) is 13.7. The molecular weight excluding hydrogens is 302 g/mol. The zero-order chi connectivity index (χ0) is 16.4. The van der Waals surface area contributed by atoms with Crippen LogP contribution in [0.2, 0.25) is 0 Å². The molecule has 5 nitrogen and oxygen atoms in total. The van der Waals surface area contributed by atoms with Crippen LogP contribution in [-0.4, -0.2) is 35.9 Å². The fraction of sp³-hybridized carbons (Fsp3) is 0.316. The second-order valence-corrected chi connectivity index (χ2v) is 6.05. The molecule has 0 atom stereocenters. The van der Waals surface area contributed by atoms with Crippen molar-refractivity contribution in [2.75, 3.05) is 20.2 Å². The van der Waals surface area contributed by atoms with E-state index in [1.54, 1.807) is 13.3 Å². The molecule has 1 fully saturated rings. The van der Waals surface area contributed by atoms with Crippen molar-refractivity contribution in [2.24, 2.45) is 0 Å². The molecule has 0 bridgehead atoms. The molecule has 3 heterocycles. The molecule has 0 amide bonds. The minimum atomic E-state index is 0.317. The number of fused-ring (bicyclic) bond motifs is 1. The van der Waals surface area contributed by atoms with Crippen molar-refractivity contribution in [3.8, 4) is 22.6 Å². The summed E-state index contributed by atoms with van der Waals surface area (Å²) in [7, 11) is 1.68. The van der Waals surface area contributed by atoms with Gasteiger partial charge in [-0.1, -0.05) is 12.1 Å². The maximum atomic E-state index is 6.07. The average Bonchev–Trinajstić information content (AvgIpc) is 3.11. The molecule has 5 heteroatoms. The van der Waals surface area contributed by atoms with E-state index in [0.717, 1.165) is 54.1 Å². The molecule has 1 aliphatic rings. The first kappa shape index (κ1) is 15.0. The smallest absolute Gasteiger partial charge is 0.145 e. The van der Waals surface area contributed by atoms with Gasteiger partial charge in [-0.15, -0.1) is 0 Å². The van der Waals surface area contributed by atoms with E-state index in [4.69, 9.17) is 9.47 Å². The molecule has 124 valence electrons. The van der Waals surface area contributed by atoms with E-state index >= 15 is 0 Å². The lowest BCUT2D eigenvalue weighted by molar-refractivity contribution is 0.162. The van der Waals surface area contributed by atoms with Gasteiger partial charge in [-0.25, -0.2) is 4.52 Å². The van der Waals surface area contributed by atoms with E-state index in [-0.39, 0.29) is 0 Å². The Morgan fingerprint density at radius 2 is 1.88 bits per heavy atom. The average molecular weight is 323 g/mol. The van der Waals surface area contributed by atoms with E-state index in [9.17, 15) is 0 Å². The predicted molar refractivity (Wildman–Crippen MR) is 93.7 cm³/mol. The minimum absolute atomic E-state index is 0.317. The fourth-order valence-corrected chi connectivity index (χ4v) is 3.15. The maximum Gasteiger partial charge on any atom is 0.145 e. The van der Waals surface area contributed by atoms with Crippen LogP contribution in [0.25, 0.3) is 16.6 Å². The summed E-state index contributed by atoms with van der Waals surface area (Å²) in [6.07, 6.45) is 6.24. The van der Waals surface area contributed by atoms with Crippen LogP contribution in [0.3, 0.4) is 0 Å². The van der Waals surface area contributed by atoms with Crippen molar-refractivity contribution in [3.05, 3.63) is 48.8 Å². The molecule has 4 rings (SSSR count). The number of hydrogen-bond donors (Lipinski definition) is 1. The largest absolute Gasteiger partial charge is 0.494 e. The van der Waals surface area contributed by atoms with Crippen molar-refractivity contribution in [1.29, 1.82) is 0 Å². The van der Waals surface area contributed by atoms with Crippen LogP contribution in [0.4, 0.5) is 0 Å². The van der Waals surface area contributed by atoms with Gasteiger partial charge >= 0.3 is 0 Å². The van der Waals surface area contributed by atoms with Crippen LogP contribution in [0.15, 0.2) is 48.8 Å². The Hall–Kier alpha value is -2.53. The third-order valence-corrected chi connectivity index (χ3v) is 4.47. The third kappa shape index (κ3) is 2.95. The first-order valence-electron chi connectivity index (χ1n) is 8.33. The van der Waals surface area contributed by atoms with Gasteiger partial charge in [0.25, 0.3) is 0 Å². The molecule has 0 aliphatic carbocycles. The standard InChI is InChI=1S/C19H21N3O2/c1-23-19-12-15(13-22-18(19)8-11-21-22)14-2-4-16(5-3-14)24-17-6-9-20-10-7-17/h2-5,8,11-13,17,20H,6-7,9-10H2,1H3. The number of benzene rings is 1. The molecule has 24 heavy (non-hydrogen) atoms. The topological polar surface area (TPSA) is 47.8 Å². The van der Waals surface area contributed by atoms with Crippen LogP contribution in [0.5, 0.6) is 11.5 Å². The SMILES string of the molecule is COc1cc(-c2ccc(OC3CCNCC3)cc2)cn2nccc12. The van der Waals surface area contributed by atoms with Crippen molar-refractivity contribution in [2.45, 2.75) is 18.9 Å². The van der Waals surface area contributed by atoms with E-state index in [0.29, 0.717) is 6.10 Å². The molecule has 0 saturated carbocycles. The number of nitrogens with one attached hydrogen (secondary N) is 1. The third-order valence-electron chi connectivity index (χ3n) is 4.47. The fourth-order valence-electron chi connectivity index (χ4n) is 3.15. The number of ether oxygens (including phenoxy) is 2. The van der Waals surface area contributed by atoms with Crippen LogP contribution >= 0.6 is 0 Å². The molecule has 0 radical (unpaired) electrons. The molecular formula is C19H21N3O2. The first-order valence-corrected chi connectivity index (χ1v) is 8.33. The van der Waals surface area contributed by atoms with Crippen molar-refractivity contribution in [1.82, 2.24) is 14.9 Å². The molecule has 1 aromatic carbocycles. The highest BCUT2D eigenvalue weighted by Crippen LogP contribution is 2.29. The molecule has 2 aromatic heterocycles. The van der Waals surface area contributed by atoms with E-state index in [1.165, 1.54) is 0 Å². The summed E-state index contributed by atoms with van der Waals surface area (Å²) in [6, 6.07) is 12.2. The Kier molecular flexibility index (Phi) is 4.09. The van der Waals surface area contributed by atoms with Gasteiger partial charge in [-0.05, 0) is 55.8 Å². The lowest BCUT2D eigenvalue weighted by Gasteiger charge is -2.23. The Morgan fingerprint density at radius 3 is 2.62 bits per heavy atom. The van der Waals surface area contributed by atoms with Gasteiger partial charge in [0, 0.05) is 11.8 Å². The Bertz CT molecular complexity index is 820. The Balaban J connectivity index is 1.58. The van der Waals surface area contributed by atoms with Gasteiger partial charge in [0.15, 0.2) is 0 Å². The number of nitrogens with zero attached hydrogens (tertiary/aromatic N) is 2. The molecule has 1 saturated heterocycles. The second kappa shape index (κ2) is 6.53. The molecule has 3 aromatic rings. The van der Waals surface area contributed by atoms with E-state index in [1.807, 2.05) is 35.0 Å². The summed E-state index contributed by atoms with van der Waals surface area (Å²) in [5, 5.41) is 7.67. The Morgan fingerprint density at radius 1 is 1.08 bits per heavy atom. The van der Waals surface area contributed by atoms with Gasteiger partial charge < -0.3 is 14.8 Å². The maximum absolute atomic E-state index is 6.07. The summed E-state index contributed by atoms with van der Waals surface area (Å²) in [5.74, 6) is 1.75. The van der Waals surface area contributed by atoms with Crippen molar-refractivity contribution < 1.29 is 9.47 Å². The highest BCUT2D eigenvalue weighted by atomic mass is 16.5. The molecule has 1 N–H and O–H groups in total. The zero-order valence-corrected chi connectivity index (χ0v) is 13.7. The second-order valence-electron chi connectivity index (χ2n) is 6.05. The number of aromatic nitrogens is 2. The van der Waals surface area contributed by atoms with Crippen LogP contribution in [-0.2, 0) is 0 Å². The highest BCUT2D eigenvalue weighted by molar-refractivity contribution is 5.71. The number of piperidine rings is 1. The van der Waals surface area contributed by atoms with Gasteiger partial charge in [0.05, 0.1) is 13.3 Å². The van der Waals surface area contributed by atoms with Crippen LogP contribution in [0.1, 0.15) is 12.8 Å². The van der Waals surface area contributed by atoms with Crippen molar-refractivity contribution in [3.63, 3.8) is 0 Å². The lowest BCUT2D eigenvalue weighted by Crippen LogP contribution is -2.34. The normalized spacial score (nSPS) is 15.5. The first-order chi connectivity index (χ1) is 11.8. The predicted octanol–water partition coefficient (Wildman–Crippen LogP) is 3.14. The van der Waals surface area contributed by atoms with Crippen LogP contribution < -0.4 is 14.8 Å². The Labute approximate surface area is 141 Å². The molecule has 1 aliphatic heterocycles. The summed E-state index contributed by atoms with van der Waals surface area (Å²) in [6.45, 7) is 2.07. The number of rotatable bonds is 4. The van der Waals surface area contributed by atoms with Gasteiger partial charge in [-0.2, -0.15) is 5.10 Å². The number of pyridine rings is 1. The summed E-state index contributed by atoms with van der Waals surface area (Å²) in [5.41, 5.74) is 3.15. The summed E-state index contributed by atoms with van der Waals surface area (Å²) >= 11 is 0. The van der Waals surface area contributed by atoms with Gasteiger partial charge in [0.2, 0.25) is 0 Å². The summed E-state index contributed by atoms with van der Waals surface area (Å²) < 4.78 is 13.4. The van der Waals surface area contributed by atoms with Crippen molar-refractivity contribution >= 4 is 5.52 Å². The summed E-state index contributed by atoms with van der Waals surface area (Å²) in [4.78, 5) is 0. The van der Waals surface area contributed by atoms with Gasteiger partial charge in [-0.3, -0.25) is 0 Å². The molecule has 0 spiro atoms. The monoisotopic (exact) mass is 323 g/mol.